The Bertz CT molecular complexity index is 861. The Morgan fingerprint density at radius 2 is 1.96 bits per heavy atom. The van der Waals surface area contributed by atoms with Crippen LogP contribution in [0.4, 0.5) is 0 Å². The molecule has 0 saturated carbocycles. The van der Waals surface area contributed by atoms with Gasteiger partial charge in [-0.2, -0.15) is 10.4 Å². The van der Waals surface area contributed by atoms with Crippen molar-refractivity contribution < 1.29 is 0 Å². The molecule has 0 fully saturated rings. The molecule has 0 aliphatic rings. The van der Waals surface area contributed by atoms with Crippen LogP contribution >= 0.6 is 11.8 Å². The first-order valence-corrected chi connectivity index (χ1v) is 8.14. The molecule has 0 aliphatic carbocycles. The first kappa shape index (κ1) is 15.3. The summed E-state index contributed by atoms with van der Waals surface area (Å²) in [5.41, 5.74) is 3.69. The number of benzene rings is 1. The number of hydrogen-bond acceptors (Lipinski definition) is 5. The molecule has 6 heteroatoms. The molecule has 0 radical (unpaired) electrons. The lowest BCUT2D eigenvalue weighted by molar-refractivity contribution is 0.765. The average molecular weight is 321 g/mol. The molecule has 0 unspecified atom stereocenters. The van der Waals surface area contributed by atoms with Gasteiger partial charge < -0.3 is 0 Å². The van der Waals surface area contributed by atoms with Gasteiger partial charge in [0.05, 0.1) is 17.3 Å². The van der Waals surface area contributed by atoms with Gasteiger partial charge in [-0.05, 0) is 43.7 Å². The maximum absolute atomic E-state index is 9.11. The van der Waals surface area contributed by atoms with Gasteiger partial charge >= 0.3 is 0 Å². The molecule has 114 valence electrons. The smallest absolute Gasteiger partial charge is 0.175 e. The Morgan fingerprint density at radius 1 is 1.13 bits per heavy atom. The topological polar surface area (TPSA) is 67.4 Å². The van der Waals surface area contributed by atoms with Crippen molar-refractivity contribution in [2.75, 3.05) is 0 Å². The summed E-state index contributed by atoms with van der Waals surface area (Å²) in [5.74, 6) is 1.40. The third kappa shape index (κ3) is 3.41. The summed E-state index contributed by atoms with van der Waals surface area (Å²) < 4.78 is 1.78. The highest BCUT2D eigenvalue weighted by Gasteiger charge is 2.07. The summed E-state index contributed by atoms with van der Waals surface area (Å²) in [5, 5.41) is 22.8. The molecule has 3 rings (SSSR count). The van der Waals surface area contributed by atoms with Gasteiger partial charge in [0, 0.05) is 11.4 Å². The average Bonchev–Trinajstić information content (AvgIpc) is 2.92. The fourth-order valence-corrected chi connectivity index (χ4v) is 3.09. The van der Waals surface area contributed by atoms with Crippen molar-refractivity contribution in [3.63, 3.8) is 0 Å². The molecule has 0 N–H and O–H groups in total. The van der Waals surface area contributed by atoms with Gasteiger partial charge in [0.25, 0.3) is 0 Å². The molecule has 3 aromatic rings. The Balaban J connectivity index is 1.73. The van der Waals surface area contributed by atoms with E-state index in [0.29, 0.717) is 17.1 Å². The van der Waals surface area contributed by atoms with E-state index in [0.717, 1.165) is 22.0 Å². The fraction of sp³-hybridized carbons (Fsp3) is 0.176. The van der Waals surface area contributed by atoms with Gasteiger partial charge in [0.1, 0.15) is 5.03 Å². The van der Waals surface area contributed by atoms with Crippen LogP contribution in [0, 0.1) is 25.2 Å². The summed E-state index contributed by atoms with van der Waals surface area (Å²) in [6.07, 6.45) is 0. The van der Waals surface area contributed by atoms with Gasteiger partial charge in [-0.3, -0.25) is 0 Å². The largest absolute Gasteiger partial charge is 0.218 e. The molecule has 0 aliphatic heterocycles. The maximum Gasteiger partial charge on any atom is 0.175 e. The molecule has 5 nitrogen and oxygen atoms in total. The fourth-order valence-electron chi connectivity index (χ4n) is 2.27. The van der Waals surface area contributed by atoms with E-state index in [2.05, 4.69) is 21.4 Å². The van der Waals surface area contributed by atoms with E-state index in [-0.39, 0.29) is 0 Å². The highest BCUT2D eigenvalue weighted by Crippen LogP contribution is 2.22. The number of rotatable bonds is 4. The van der Waals surface area contributed by atoms with Crippen LogP contribution in [0.5, 0.6) is 0 Å². The first-order valence-electron chi connectivity index (χ1n) is 7.15. The second-order valence-corrected chi connectivity index (χ2v) is 6.12. The standard InChI is InChI=1S/C17H15N5S/c1-12-9-13(2)22(21-12)16-7-8-17(20-19-16)23-11-15-6-4-3-5-14(15)10-18/h3-9H,11H2,1-2H3. The number of aryl methyl sites for hydroxylation is 2. The summed E-state index contributed by atoms with van der Waals surface area (Å²) in [4.78, 5) is 0. The van der Waals surface area contributed by atoms with Crippen molar-refractivity contribution in [2.24, 2.45) is 0 Å². The zero-order chi connectivity index (χ0) is 16.2. The molecule has 0 saturated heterocycles. The quantitative estimate of drug-likeness (QED) is 0.689. The van der Waals surface area contributed by atoms with E-state index in [1.165, 1.54) is 0 Å². The van der Waals surface area contributed by atoms with Crippen LogP contribution in [-0.2, 0) is 5.75 Å². The lowest BCUT2D eigenvalue weighted by Crippen LogP contribution is -2.03. The van der Waals surface area contributed by atoms with E-state index >= 15 is 0 Å². The van der Waals surface area contributed by atoms with Crippen LogP contribution in [0.3, 0.4) is 0 Å². The van der Waals surface area contributed by atoms with Crippen LogP contribution < -0.4 is 0 Å². The zero-order valence-electron chi connectivity index (χ0n) is 12.9. The van der Waals surface area contributed by atoms with Crippen LogP contribution in [0.15, 0.2) is 47.5 Å². The first-order chi connectivity index (χ1) is 11.2. The van der Waals surface area contributed by atoms with E-state index in [4.69, 9.17) is 5.26 Å². The molecule has 0 bridgehead atoms. The number of aromatic nitrogens is 4. The highest BCUT2D eigenvalue weighted by atomic mass is 32.2. The Kier molecular flexibility index (Phi) is 4.40. The molecule has 23 heavy (non-hydrogen) atoms. The summed E-state index contributed by atoms with van der Waals surface area (Å²) in [7, 11) is 0. The second-order valence-electron chi connectivity index (χ2n) is 5.13. The molecule has 2 heterocycles. The van der Waals surface area contributed by atoms with Crippen LogP contribution in [0.25, 0.3) is 5.82 Å². The number of hydrogen-bond donors (Lipinski definition) is 0. The van der Waals surface area contributed by atoms with Crippen molar-refractivity contribution in [1.29, 1.82) is 5.26 Å². The zero-order valence-corrected chi connectivity index (χ0v) is 13.7. The van der Waals surface area contributed by atoms with Crippen LogP contribution in [0.1, 0.15) is 22.5 Å². The highest BCUT2D eigenvalue weighted by molar-refractivity contribution is 7.98. The predicted molar refractivity (Wildman–Crippen MR) is 89.3 cm³/mol. The predicted octanol–water partition coefficient (Wildman–Crippen LogP) is 3.44. The molecule has 2 aromatic heterocycles. The number of thioether (sulfide) groups is 1. The maximum atomic E-state index is 9.11. The van der Waals surface area contributed by atoms with Gasteiger partial charge in [-0.1, -0.05) is 30.0 Å². The van der Waals surface area contributed by atoms with Gasteiger partial charge in [0.2, 0.25) is 0 Å². The Morgan fingerprint density at radius 3 is 2.61 bits per heavy atom. The Labute approximate surface area is 139 Å². The molecular weight excluding hydrogens is 306 g/mol. The van der Waals surface area contributed by atoms with Crippen molar-refractivity contribution >= 4 is 11.8 Å². The number of nitrogens with zero attached hydrogens (tertiary/aromatic N) is 5. The van der Waals surface area contributed by atoms with Crippen molar-refractivity contribution in [3.8, 4) is 11.9 Å². The number of nitriles is 1. The van der Waals surface area contributed by atoms with E-state index in [1.807, 2.05) is 56.3 Å². The van der Waals surface area contributed by atoms with E-state index in [9.17, 15) is 0 Å². The van der Waals surface area contributed by atoms with Crippen molar-refractivity contribution in [3.05, 3.63) is 65.0 Å². The molecule has 0 atom stereocenters. The molecule has 1 aromatic carbocycles. The van der Waals surface area contributed by atoms with Crippen molar-refractivity contribution in [1.82, 2.24) is 20.0 Å². The van der Waals surface area contributed by atoms with Gasteiger partial charge in [-0.25, -0.2) is 4.68 Å². The second kappa shape index (κ2) is 6.63. The van der Waals surface area contributed by atoms with E-state index in [1.54, 1.807) is 16.4 Å². The summed E-state index contributed by atoms with van der Waals surface area (Å²) in [6, 6.07) is 15.6. The third-order valence-electron chi connectivity index (χ3n) is 3.37. The molecule has 0 amide bonds. The van der Waals surface area contributed by atoms with Crippen LogP contribution in [0.2, 0.25) is 0 Å². The minimum atomic E-state index is 0.692. The van der Waals surface area contributed by atoms with Gasteiger partial charge in [0.15, 0.2) is 5.82 Å². The summed E-state index contributed by atoms with van der Waals surface area (Å²) in [6.45, 7) is 3.94. The third-order valence-corrected chi connectivity index (χ3v) is 4.33. The minimum Gasteiger partial charge on any atom is -0.218 e. The molecule has 0 spiro atoms. The minimum absolute atomic E-state index is 0.692. The van der Waals surface area contributed by atoms with E-state index < -0.39 is 0 Å². The molecular formula is C17H15N5S. The van der Waals surface area contributed by atoms with Gasteiger partial charge in [-0.15, -0.1) is 10.2 Å². The van der Waals surface area contributed by atoms with Crippen molar-refractivity contribution in [2.45, 2.75) is 24.6 Å². The SMILES string of the molecule is Cc1cc(C)n(-c2ccc(SCc3ccccc3C#N)nn2)n1. The normalized spacial score (nSPS) is 10.5. The monoisotopic (exact) mass is 321 g/mol. The van der Waals surface area contributed by atoms with Crippen LogP contribution in [-0.4, -0.2) is 20.0 Å². The Hall–Kier alpha value is -2.65. The summed E-state index contributed by atoms with van der Waals surface area (Å²) >= 11 is 1.56. The lowest BCUT2D eigenvalue weighted by Gasteiger charge is -2.05. The lowest BCUT2D eigenvalue weighted by atomic mass is 10.1.